The second-order valence-corrected chi connectivity index (χ2v) is 6.59. The van der Waals surface area contributed by atoms with Crippen molar-refractivity contribution in [2.45, 2.75) is 51.0 Å². The van der Waals surface area contributed by atoms with Gasteiger partial charge in [-0.2, -0.15) is 0 Å². The number of hydrogen-bond donors (Lipinski definition) is 1. The lowest BCUT2D eigenvalue weighted by atomic mass is 9.89. The fraction of sp³-hybridized carbons (Fsp3) is 0.500. The van der Waals surface area contributed by atoms with Gasteiger partial charge in [-0.05, 0) is 31.0 Å². The number of benzene rings is 1. The predicted molar refractivity (Wildman–Crippen MR) is 92.7 cm³/mol. The fourth-order valence-electron chi connectivity index (χ4n) is 3.07. The molecule has 0 aliphatic heterocycles. The van der Waals surface area contributed by atoms with Gasteiger partial charge in [0.2, 0.25) is 0 Å². The Morgan fingerprint density at radius 1 is 1.12 bits per heavy atom. The Morgan fingerprint density at radius 2 is 1.76 bits per heavy atom. The Bertz CT molecular complexity index is 665. The van der Waals surface area contributed by atoms with Crippen LogP contribution in [-0.2, 0) is 14.3 Å². The molecule has 0 radical (unpaired) electrons. The maximum absolute atomic E-state index is 12.7. The lowest BCUT2D eigenvalue weighted by molar-refractivity contribution is -0.148. The van der Waals surface area contributed by atoms with E-state index in [1.807, 2.05) is 0 Å². The van der Waals surface area contributed by atoms with Gasteiger partial charge in [0.1, 0.15) is 11.3 Å². The summed E-state index contributed by atoms with van der Waals surface area (Å²) >= 11 is 5.98. The number of rotatable bonds is 4. The summed E-state index contributed by atoms with van der Waals surface area (Å²) in [6, 6.07) is 4.39. The van der Waals surface area contributed by atoms with Gasteiger partial charge in [0.25, 0.3) is 5.91 Å². The summed E-state index contributed by atoms with van der Waals surface area (Å²) in [7, 11) is 1.32. The zero-order chi connectivity index (χ0) is 18.4. The number of methoxy groups -OCH3 is 1. The summed E-state index contributed by atoms with van der Waals surface area (Å²) in [6.07, 6.45) is 4.80. The van der Waals surface area contributed by atoms with E-state index in [2.05, 4.69) is 5.32 Å². The molecule has 0 aromatic heterocycles. The van der Waals surface area contributed by atoms with Gasteiger partial charge in [0.05, 0.1) is 12.1 Å². The van der Waals surface area contributed by atoms with E-state index < -0.39 is 23.4 Å². The first-order valence-electron chi connectivity index (χ1n) is 8.27. The number of carbonyl (C=O) groups excluding carboxylic acids is 3. The van der Waals surface area contributed by atoms with Crippen molar-refractivity contribution in [1.82, 2.24) is 5.32 Å². The van der Waals surface area contributed by atoms with Crippen molar-refractivity contribution in [3.63, 3.8) is 0 Å². The predicted octanol–water partition coefficient (Wildman–Crippen LogP) is 3.26. The van der Waals surface area contributed by atoms with Crippen LogP contribution < -0.4 is 10.1 Å². The lowest BCUT2D eigenvalue weighted by Gasteiger charge is -2.31. The van der Waals surface area contributed by atoms with Gasteiger partial charge in [-0.15, -0.1) is 0 Å². The molecule has 6 nitrogen and oxygen atoms in total. The van der Waals surface area contributed by atoms with Crippen LogP contribution in [0, 0.1) is 0 Å². The molecule has 1 saturated carbocycles. The molecule has 0 heterocycles. The van der Waals surface area contributed by atoms with E-state index in [1.54, 1.807) is 0 Å². The summed E-state index contributed by atoms with van der Waals surface area (Å²) in [5, 5.41) is 3.07. The van der Waals surface area contributed by atoms with Crippen LogP contribution in [0.3, 0.4) is 0 Å². The number of amides is 1. The highest BCUT2D eigenvalue weighted by atomic mass is 35.5. The maximum Gasteiger partial charge on any atom is 0.331 e. The molecule has 1 aliphatic carbocycles. The Kier molecular flexibility index (Phi) is 6.42. The SMILES string of the molecule is COC(=O)C1(NC(=O)c2ccc(Cl)c(OC(C)=O)c2)CCCCCC1. The van der Waals surface area contributed by atoms with E-state index in [0.717, 1.165) is 25.7 Å². The van der Waals surface area contributed by atoms with Crippen LogP contribution in [0.5, 0.6) is 5.75 Å². The minimum absolute atomic E-state index is 0.106. The summed E-state index contributed by atoms with van der Waals surface area (Å²) in [4.78, 5) is 36.2. The zero-order valence-electron chi connectivity index (χ0n) is 14.4. The molecule has 0 unspecified atom stereocenters. The Labute approximate surface area is 151 Å². The number of esters is 2. The van der Waals surface area contributed by atoms with Gasteiger partial charge >= 0.3 is 11.9 Å². The monoisotopic (exact) mass is 367 g/mol. The number of ether oxygens (including phenoxy) is 2. The van der Waals surface area contributed by atoms with Gasteiger partial charge in [-0.1, -0.05) is 37.3 Å². The first kappa shape index (κ1) is 19.2. The molecule has 0 spiro atoms. The molecular formula is C18H22ClNO5. The summed E-state index contributed by atoms with van der Waals surface area (Å²) in [5.41, 5.74) is -0.767. The normalized spacial score (nSPS) is 16.4. The van der Waals surface area contributed by atoms with Gasteiger partial charge in [0, 0.05) is 12.5 Å². The highest BCUT2D eigenvalue weighted by molar-refractivity contribution is 6.32. The average Bonchev–Trinajstić information content (AvgIpc) is 2.82. The van der Waals surface area contributed by atoms with E-state index in [9.17, 15) is 14.4 Å². The standard InChI is InChI=1S/C18H22ClNO5/c1-12(21)25-15-11-13(7-8-14(15)19)16(22)20-18(17(23)24-2)9-5-3-4-6-10-18/h7-8,11H,3-6,9-10H2,1-2H3,(H,20,22). The molecular weight excluding hydrogens is 346 g/mol. The quantitative estimate of drug-likeness (QED) is 0.501. The van der Waals surface area contributed by atoms with Gasteiger partial charge in [0.15, 0.2) is 0 Å². The highest BCUT2D eigenvalue weighted by Crippen LogP contribution is 2.30. The Balaban J connectivity index is 2.26. The second kappa shape index (κ2) is 8.34. The van der Waals surface area contributed by atoms with Crippen molar-refractivity contribution >= 4 is 29.4 Å². The molecule has 1 amide bonds. The van der Waals surface area contributed by atoms with Crippen molar-refractivity contribution in [1.29, 1.82) is 0 Å². The third-order valence-electron chi connectivity index (χ3n) is 4.33. The largest absolute Gasteiger partial charge is 0.467 e. The third kappa shape index (κ3) is 4.72. The minimum atomic E-state index is -1.02. The number of halogens is 1. The molecule has 1 aromatic rings. The third-order valence-corrected chi connectivity index (χ3v) is 4.65. The van der Waals surface area contributed by atoms with Crippen LogP contribution in [0.25, 0.3) is 0 Å². The van der Waals surface area contributed by atoms with Crippen LogP contribution in [0.15, 0.2) is 18.2 Å². The van der Waals surface area contributed by atoms with Crippen LogP contribution >= 0.6 is 11.6 Å². The minimum Gasteiger partial charge on any atom is -0.467 e. The van der Waals surface area contributed by atoms with Crippen molar-refractivity contribution in [3.05, 3.63) is 28.8 Å². The van der Waals surface area contributed by atoms with Crippen LogP contribution in [0.1, 0.15) is 55.8 Å². The first-order chi connectivity index (χ1) is 11.9. The lowest BCUT2D eigenvalue weighted by Crippen LogP contribution is -2.54. The first-order valence-corrected chi connectivity index (χ1v) is 8.65. The van der Waals surface area contributed by atoms with Gasteiger partial charge in [-0.25, -0.2) is 4.79 Å². The van der Waals surface area contributed by atoms with Crippen LogP contribution in [0.2, 0.25) is 5.02 Å². The second-order valence-electron chi connectivity index (χ2n) is 6.18. The van der Waals surface area contributed by atoms with Crippen molar-refractivity contribution in [2.75, 3.05) is 7.11 Å². The maximum atomic E-state index is 12.7. The van der Waals surface area contributed by atoms with Crippen molar-refractivity contribution < 1.29 is 23.9 Å². The molecule has 0 atom stereocenters. The Morgan fingerprint density at radius 3 is 2.32 bits per heavy atom. The van der Waals surface area contributed by atoms with Gasteiger partial charge in [-0.3, -0.25) is 9.59 Å². The van der Waals surface area contributed by atoms with E-state index in [0.29, 0.717) is 12.8 Å². The summed E-state index contributed by atoms with van der Waals surface area (Å²) in [6.45, 7) is 1.25. The highest BCUT2D eigenvalue weighted by Gasteiger charge is 2.41. The van der Waals surface area contributed by atoms with Crippen molar-refractivity contribution in [2.24, 2.45) is 0 Å². The molecule has 1 N–H and O–H groups in total. The molecule has 0 saturated heterocycles. The van der Waals surface area contributed by atoms with Gasteiger partial charge < -0.3 is 14.8 Å². The number of carbonyl (C=O) groups is 3. The zero-order valence-corrected chi connectivity index (χ0v) is 15.1. The smallest absolute Gasteiger partial charge is 0.331 e. The van der Waals surface area contributed by atoms with Crippen molar-refractivity contribution in [3.8, 4) is 5.75 Å². The molecule has 0 bridgehead atoms. The fourth-order valence-corrected chi connectivity index (χ4v) is 3.23. The molecule has 1 aromatic carbocycles. The summed E-state index contributed by atoms with van der Waals surface area (Å²) < 4.78 is 9.93. The topological polar surface area (TPSA) is 81.7 Å². The van der Waals surface area contributed by atoms with E-state index in [-0.39, 0.29) is 16.3 Å². The van der Waals surface area contributed by atoms with E-state index in [1.165, 1.54) is 32.2 Å². The van der Waals surface area contributed by atoms with E-state index in [4.69, 9.17) is 21.1 Å². The molecule has 7 heteroatoms. The average molecular weight is 368 g/mol. The van der Waals surface area contributed by atoms with Crippen LogP contribution in [0.4, 0.5) is 0 Å². The molecule has 1 aliphatic rings. The van der Waals surface area contributed by atoms with Crippen LogP contribution in [-0.4, -0.2) is 30.5 Å². The Hall–Kier alpha value is -2.08. The summed E-state index contributed by atoms with van der Waals surface area (Å²) in [5.74, 6) is -1.29. The van der Waals surface area contributed by atoms with E-state index >= 15 is 0 Å². The number of hydrogen-bond acceptors (Lipinski definition) is 5. The number of nitrogens with one attached hydrogen (secondary N) is 1. The molecule has 136 valence electrons. The molecule has 1 fully saturated rings. The molecule has 2 rings (SSSR count). The molecule has 25 heavy (non-hydrogen) atoms.